The lowest BCUT2D eigenvalue weighted by Gasteiger charge is -2.10. The number of rotatable bonds is 2. The van der Waals surface area contributed by atoms with Crippen LogP contribution in [0.25, 0.3) is 0 Å². The highest BCUT2D eigenvalue weighted by atomic mass is 35.5. The largest absolute Gasteiger partial charge is 0.496 e. The topological polar surface area (TPSA) is 9.23 Å². The molecule has 0 heterocycles. The van der Waals surface area contributed by atoms with Gasteiger partial charge in [-0.1, -0.05) is 18.2 Å². The SMILES string of the molecule is COc1c(C)cccc1C1CC1(Cl)Cl. The first-order valence-corrected chi connectivity index (χ1v) is 5.33. The van der Waals surface area contributed by atoms with Gasteiger partial charge >= 0.3 is 0 Å². The molecule has 76 valence electrons. The molecule has 0 bridgehead atoms. The van der Waals surface area contributed by atoms with E-state index in [1.54, 1.807) is 7.11 Å². The maximum absolute atomic E-state index is 6.03. The highest BCUT2D eigenvalue weighted by Gasteiger charge is 2.53. The molecular weight excluding hydrogens is 219 g/mol. The Morgan fingerprint density at radius 2 is 2.07 bits per heavy atom. The molecule has 0 aromatic heterocycles. The van der Waals surface area contributed by atoms with Gasteiger partial charge in [-0.15, -0.1) is 23.2 Å². The number of halogens is 2. The van der Waals surface area contributed by atoms with Crippen LogP contribution in [0.1, 0.15) is 23.5 Å². The summed E-state index contributed by atoms with van der Waals surface area (Å²) in [6, 6.07) is 6.06. The summed E-state index contributed by atoms with van der Waals surface area (Å²) >= 11 is 12.1. The Hall–Kier alpha value is -0.400. The summed E-state index contributed by atoms with van der Waals surface area (Å²) in [6.45, 7) is 2.02. The van der Waals surface area contributed by atoms with Gasteiger partial charge in [0.05, 0.1) is 7.11 Å². The Balaban J connectivity index is 2.39. The molecule has 14 heavy (non-hydrogen) atoms. The molecule has 1 saturated carbocycles. The minimum absolute atomic E-state index is 0.223. The van der Waals surface area contributed by atoms with E-state index in [4.69, 9.17) is 27.9 Å². The van der Waals surface area contributed by atoms with E-state index in [2.05, 4.69) is 0 Å². The normalized spacial score (nSPS) is 23.3. The van der Waals surface area contributed by atoms with Crippen molar-refractivity contribution in [2.24, 2.45) is 0 Å². The van der Waals surface area contributed by atoms with Crippen LogP contribution in [0.5, 0.6) is 5.75 Å². The van der Waals surface area contributed by atoms with E-state index in [-0.39, 0.29) is 5.92 Å². The van der Waals surface area contributed by atoms with Gasteiger partial charge in [0.15, 0.2) is 0 Å². The summed E-state index contributed by atoms with van der Waals surface area (Å²) in [5, 5.41) is 0. The van der Waals surface area contributed by atoms with Crippen LogP contribution in [-0.4, -0.2) is 11.4 Å². The Morgan fingerprint density at radius 1 is 1.43 bits per heavy atom. The number of para-hydroxylation sites is 1. The fourth-order valence-electron chi connectivity index (χ4n) is 1.78. The second kappa shape index (κ2) is 3.32. The summed E-state index contributed by atoms with van der Waals surface area (Å²) in [4.78, 5) is 0. The van der Waals surface area contributed by atoms with Crippen LogP contribution < -0.4 is 4.74 Å². The number of hydrogen-bond acceptors (Lipinski definition) is 1. The van der Waals surface area contributed by atoms with Crippen molar-refractivity contribution in [2.45, 2.75) is 23.6 Å². The summed E-state index contributed by atoms with van der Waals surface area (Å²) in [5.74, 6) is 1.14. The smallest absolute Gasteiger partial charge is 0.126 e. The molecule has 1 nitrogen and oxygen atoms in total. The molecule has 3 heteroatoms. The highest BCUT2D eigenvalue weighted by Crippen LogP contribution is 2.61. The summed E-state index contributed by atoms with van der Waals surface area (Å²) in [7, 11) is 1.68. The van der Waals surface area contributed by atoms with E-state index < -0.39 is 4.33 Å². The molecule has 0 saturated heterocycles. The van der Waals surface area contributed by atoms with Gasteiger partial charge in [-0.3, -0.25) is 0 Å². The van der Waals surface area contributed by atoms with Gasteiger partial charge in [0.2, 0.25) is 0 Å². The molecule has 1 aromatic carbocycles. The fourth-order valence-corrected chi connectivity index (χ4v) is 2.32. The van der Waals surface area contributed by atoms with Crippen molar-refractivity contribution in [1.29, 1.82) is 0 Å². The standard InChI is InChI=1S/C11H12Cl2O/c1-7-4-3-5-8(10(7)14-2)9-6-11(9,12)13/h3-5,9H,6H2,1-2H3. The molecule has 1 aliphatic carbocycles. The van der Waals surface area contributed by atoms with Crippen molar-refractivity contribution < 1.29 is 4.74 Å². The zero-order chi connectivity index (χ0) is 10.3. The quantitative estimate of drug-likeness (QED) is 0.705. The number of methoxy groups -OCH3 is 1. The van der Waals surface area contributed by atoms with Crippen LogP contribution in [0, 0.1) is 6.92 Å². The molecule has 1 unspecified atom stereocenters. The Morgan fingerprint density at radius 3 is 2.57 bits per heavy atom. The minimum Gasteiger partial charge on any atom is -0.496 e. The van der Waals surface area contributed by atoms with Crippen molar-refractivity contribution in [2.75, 3.05) is 7.11 Å². The van der Waals surface area contributed by atoms with Gasteiger partial charge in [-0.2, -0.15) is 0 Å². The number of alkyl halides is 2. The molecule has 0 amide bonds. The minimum atomic E-state index is -0.582. The van der Waals surface area contributed by atoms with Gasteiger partial charge in [0, 0.05) is 11.5 Å². The predicted molar refractivity (Wildman–Crippen MR) is 59.5 cm³/mol. The molecule has 0 N–H and O–H groups in total. The predicted octanol–water partition coefficient (Wildman–Crippen LogP) is 3.66. The molecule has 0 aliphatic heterocycles. The number of ether oxygens (including phenoxy) is 1. The van der Waals surface area contributed by atoms with Crippen LogP contribution in [0.15, 0.2) is 18.2 Å². The summed E-state index contributed by atoms with van der Waals surface area (Å²) < 4.78 is 4.77. The van der Waals surface area contributed by atoms with Gasteiger partial charge in [0.1, 0.15) is 10.1 Å². The van der Waals surface area contributed by atoms with Crippen LogP contribution in [-0.2, 0) is 0 Å². The summed E-state index contributed by atoms with van der Waals surface area (Å²) in [5.41, 5.74) is 2.25. The zero-order valence-electron chi connectivity index (χ0n) is 8.18. The third kappa shape index (κ3) is 1.59. The second-order valence-electron chi connectivity index (χ2n) is 3.72. The van der Waals surface area contributed by atoms with Crippen molar-refractivity contribution in [1.82, 2.24) is 0 Å². The lowest BCUT2D eigenvalue weighted by Crippen LogP contribution is -1.96. The van der Waals surface area contributed by atoms with E-state index >= 15 is 0 Å². The third-order valence-corrected chi connectivity index (χ3v) is 3.48. The average Bonchev–Trinajstić information content (AvgIpc) is 2.74. The van der Waals surface area contributed by atoms with E-state index in [0.29, 0.717) is 0 Å². The Bertz CT molecular complexity index is 360. The van der Waals surface area contributed by atoms with Gasteiger partial charge in [0.25, 0.3) is 0 Å². The van der Waals surface area contributed by atoms with Crippen molar-refractivity contribution >= 4 is 23.2 Å². The van der Waals surface area contributed by atoms with E-state index in [1.807, 2.05) is 25.1 Å². The van der Waals surface area contributed by atoms with Crippen molar-refractivity contribution in [3.63, 3.8) is 0 Å². The van der Waals surface area contributed by atoms with Gasteiger partial charge < -0.3 is 4.74 Å². The third-order valence-electron chi connectivity index (χ3n) is 2.65. The monoisotopic (exact) mass is 230 g/mol. The van der Waals surface area contributed by atoms with Crippen LogP contribution >= 0.6 is 23.2 Å². The first kappa shape index (κ1) is 10.1. The van der Waals surface area contributed by atoms with E-state index in [9.17, 15) is 0 Å². The molecule has 1 fully saturated rings. The van der Waals surface area contributed by atoms with Crippen LogP contribution in [0.2, 0.25) is 0 Å². The fraction of sp³-hybridized carbons (Fsp3) is 0.455. The number of hydrogen-bond donors (Lipinski definition) is 0. The molecule has 2 rings (SSSR count). The van der Waals surface area contributed by atoms with E-state index in [1.165, 1.54) is 0 Å². The first-order chi connectivity index (χ1) is 6.56. The molecule has 0 spiro atoms. The second-order valence-corrected chi connectivity index (χ2v) is 5.26. The lowest BCUT2D eigenvalue weighted by atomic mass is 10.1. The van der Waals surface area contributed by atoms with E-state index in [0.717, 1.165) is 23.3 Å². The molecule has 1 aromatic rings. The molecule has 1 atom stereocenters. The van der Waals surface area contributed by atoms with Crippen molar-refractivity contribution in [3.8, 4) is 5.75 Å². The molecule has 0 radical (unpaired) electrons. The molecule has 1 aliphatic rings. The summed E-state index contributed by atoms with van der Waals surface area (Å²) in [6.07, 6.45) is 0.815. The maximum Gasteiger partial charge on any atom is 0.126 e. The zero-order valence-corrected chi connectivity index (χ0v) is 9.69. The first-order valence-electron chi connectivity index (χ1n) is 4.57. The van der Waals surface area contributed by atoms with Crippen LogP contribution in [0.3, 0.4) is 0 Å². The lowest BCUT2D eigenvalue weighted by molar-refractivity contribution is 0.406. The molecular formula is C11H12Cl2O. The Kier molecular flexibility index (Phi) is 2.40. The van der Waals surface area contributed by atoms with Crippen molar-refractivity contribution in [3.05, 3.63) is 29.3 Å². The van der Waals surface area contributed by atoms with Gasteiger partial charge in [-0.25, -0.2) is 0 Å². The van der Waals surface area contributed by atoms with Crippen LogP contribution in [0.4, 0.5) is 0 Å². The number of benzene rings is 1. The number of aryl methyl sites for hydroxylation is 1. The Labute approximate surface area is 94.0 Å². The average molecular weight is 231 g/mol. The maximum atomic E-state index is 6.03. The highest BCUT2D eigenvalue weighted by molar-refractivity contribution is 6.51. The van der Waals surface area contributed by atoms with Gasteiger partial charge in [-0.05, 0) is 18.9 Å².